The zero-order valence-electron chi connectivity index (χ0n) is 12.5. The molecule has 0 bridgehead atoms. The van der Waals surface area contributed by atoms with Gasteiger partial charge in [-0.3, -0.25) is 4.79 Å². The molecule has 2 heterocycles. The van der Waals surface area contributed by atoms with E-state index in [0.717, 1.165) is 0 Å². The van der Waals surface area contributed by atoms with Crippen LogP contribution in [0.1, 0.15) is 21.9 Å². The number of halogens is 2. The van der Waals surface area contributed by atoms with E-state index in [9.17, 15) is 4.79 Å². The number of nitrogens with zero attached hydrogens (tertiary/aromatic N) is 1. The van der Waals surface area contributed by atoms with Gasteiger partial charge in [-0.05, 0) is 37.3 Å². The Hall–Kier alpha value is -2.50. The third-order valence-corrected chi connectivity index (χ3v) is 4.12. The largest absolute Gasteiger partial charge is 0.469 e. The van der Waals surface area contributed by atoms with Gasteiger partial charge in [-0.15, -0.1) is 0 Å². The van der Waals surface area contributed by atoms with Crippen molar-refractivity contribution in [3.63, 3.8) is 0 Å². The zero-order chi connectivity index (χ0) is 17.1. The van der Waals surface area contributed by atoms with E-state index >= 15 is 0 Å². The molecule has 1 amide bonds. The van der Waals surface area contributed by atoms with Crippen LogP contribution in [0.4, 0.5) is 0 Å². The fourth-order valence-corrected chi connectivity index (χ4v) is 2.49. The molecule has 24 heavy (non-hydrogen) atoms. The van der Waals surface area contributed by atoms with Crippen LogP contribution in [0.2, 0.25) is 10.0 Å². The number of hydrazone groups is 1. The molecule has 0 fully saturated rings. The predicted octanol–water partition coefficient (Wildman–Crippen LogP) is 4.92. The lowest BCUT2D eigenvalue weighted by atomic mass is 10.2. The highest BCUT2D eigenvalue weighted by Crippen LogP contribution is 2.34. The van der Waals surface area contributed by atoms with Crippen LogP contribution in [0.3, 0.4) is 0 Å². The van der Waals surface area contributed by atoms with E-state index in [4.69, 9.17) is 32.0 Å². The van der Waals surface area contributed by atoms with E-state index in [1.807, 2.05) is 0 Å². The zero-order valence-corrected chi connectivity index (χ0v) is 14.1. The number of nitrogens with one attached hydrogen (secondary N) is 1. The number of benzene rings is 1. The Balaban J connectivity index is 1.71. The summed E-state index contributed by atoms with van der Waals surface area (Å²) >= 11 is 12.2. The quantitative estimate of drug-likeness (QED) is 0.529. The Morgan fingerprint density at radius 2 is 2.04 bits per heavy atom. The Kier molecular flexibility index (Phi) is 4.74. The summed E-state index contributed by atoms with van der Waals surface area (Å²) in [7, 11) is 0. The predicted molar refractivity (Wildman–Crippen MR) is 92.7 cm³/mol. The normalized spacial score (nSPS) is 11.1. The van der Waals surface area contributed by atoms with Gasteiger partial charge in [-0.1, -0.05) is 29.3 Å². The van der Waals surface area contributed by atoms with Crippen molar-refractivity contribution in [2.75, 3.05) is 0 Å². The molecule has 0 aliphatic rings. The Morgan fingerprint density at radius 1 is 1.21 bits per heavy atom. The molecule has 0 saturated heterocycles. The molecule has 3 rings (SSSR count). The fourth-order valence-electron chi connectivity index (χ4n) is 2.10. The molecule has 1 aromatic carbocycles. The first-order valence-electron chi connectivity index (χ1n) is 6.98. The maximum Gasteiger partial charge on any atom is 0.274 e. The summed E-state index contributed by atoms with van der Waals surface area (Å²) in [4.78, 5) is 11.9. The number of furan rings is 2. The van der Waals surface area contributed by atoms with Crippen molar-refractivity contribution in [3.8, 4) is 11.3 Å². The van der Waals surface area contributed by atoms with Crippen LogP contribution in [0, 0.1) is 6.92 Å². The first kappa shape index (κ1) is 16.4. The van der Waals surface area contributed by atoms with Gasteiger partial charge in [-0.2, -0.15) is 5.10 Å². The van der Waals surface area contributed by atoms with E-state index in [0.29, 0.717) is 38.5 Å². The number of carbonyl (C=O) groups is 1. The monoisotopic (exact) mass is 362 g/mol. The standard InChI is InChI=1S/C17H12Cl2N2O3/c1-10-12(7-8-23-10)17(22)21-20-9-11-5-6-15(24-11)13-3-2-4-14(18)16(13)19/h2-9H,1H3,(H,21,22)/b20-9+. The Labute approximate surface area is 147 Å². The lowest BCUT2D eigenvalue weighted by Crippen LogP contribution is -2.17. The Morgan fingerprint density at radius 3 is 2.79 bits per heavy atom. The molecule has 122 valence electrons. The van der Waals surface area contributed by atoms with Gasteiger partial charge in [-0.25, -0.2) is 5.43 Å². The summed E-state index contributed by atoms with van der Waals surface area (Å²) < 4.78 is 10.7. The van der Waals surface area contributed by atoms with Crippen molar-refractivity contribution in [3.05, 3.63) is 69.8 Å². The van der Waals surface area contributed by atoms with Crippen LogP contribution >= 0.6 is 23.2 Å². The second kappa shape index (κ2) is 6.95. The first-order valence-corrected chi connectivity index (χ1v) is 7.73. The molecule has 0 unspecified atom stereocenters. The van der Waals surface area contributed by atoms with Crippen LogP contribution in [-0.2, 0) is 0 Å². The van der Waals surface area contributed by atoms with Gasteiger partial charge in [0.15, 0.2) is 0 Å². The summed E-state index contributed by atoms with van der Waals surface area (Å²) in [6, 6.07) is 10.3. The van der Waals surface area contributed by atoms with Crippen molar-refractivity contribution in [1.29, 1.82) is 0 Å². The minimum atomic E-state index is -0.359. The van der Waals surface area contributed by atoms with Gasteiger partial charge in [0.05, 0.1) is 28.1 Å². The summed E-state index contributed by atoms with van der Waals surface area (Å²) in [5.74, 6) is 1.19. The smallest absolute Gasteiger partial charge is 0.274 e. The van der Waals surface area contributed by atoms with Crippen molar-refractivity contribution in [2.45, 2.75) is 6.92 Å². The molecular formula is C17H12Cl2N2O3. The molecule has 0 atom stereocenters. The number of amides is 1. The molecule has 3 aromatic rings. The maximum atomic E-state index is 11.9. The van der Waals surface area contributed by atoms with E-state index in [1.165, 1.54) is 12.5 Å². The van der Waals surface area contributed by atoms with Gasteiger partial charge in [0, 0.05) is 5.56 Å². The second-order valence-electron chi connectivity index (χ2n) is 4.89. The summed E-state index contributed by atoms with van der Waals surface area (Å²) in [6.45, 7) is 1.70. The van der Waals surface area contributed by atoms with Crippen LogP contribution < -0.4 is 5.43 Å². The third kappa shape index (κ3) is 3.37. The average Bonchev–Trinajstić information content (AvgIpc) is 3.19. The van der Waals surface area contributed by atoms with Gasteiger partial charge < -0.3 is 8.83 Å². The molecule has 5 nitrogen and oxygen atoms in total. The van der Waals surface area contributed by atoms with Crippen molar-refractivity contribution >= 4 is 35.3 Å². The SMILES string of the molecule is Cc1occc1C(=O)N/N=C/c1ccc(-c2cccc(Cl)c2Cl)o1. The first-order chi connectivity index (χ1) is 11.6. The van der Waals surface area contributed by atoms with Crippen LogP contribution in [0.25, 0.3) is 11.3 Å². The molecule has 0 aliphatic carbocycles. The number of hydrogen-bond donors (Lipinski definition) is 1. The highest BCUT2D eigenvalue weighted by atomic mass is 35.5. The number of hydrogen-bond acceptors (Lipinski definition) is 4. The number of rotatable bonds is 4. The summed E-state index contributed by atoms with van der Waals surface area (Å²) in [5.41, 5.74) is 3.52. The van der Waals surface area contributed by atoms with Crippen LogP contribution in [-0.4, -0.2) is 12.1 Å². The van der Waals surface area contributed by atoms with Gasteiger partial charge >= 0.3 is 0 Å². The molecule has 0 saturated carbocycles. The average molecular weight is 363 g/mol. The second-order valence-corrected chi connectivity index (χ2v) is 5.68. The van der Waals surface area contributed by atoms with E-state index in [2.05, 4.69) is 10.5 Å². The molecular weight excluding hydrogens is 351 g/mol. The van der Waals surface area contributed by atoms with E-state index in [-0.39, 0.29) is 5.91 Å². The lowest BCUT2D eigenvalue weighted by molar-refractivity contribution is 0.0953. The van der Waals surface area contributed by atoms with Gasteiger partial charge in [0.1, 0.15) is 17.3 Å². The minimum absolute atomic E-state index is 0.359. The van der Waals surface area contributed by atoms with Crippen molar-refractivity contribution in [1.82, 2.24) is 5.43 Å². The van der Waals surface area contributed by atoms with Gasteiger partial charge in [0.25, 0.3) is 5.91 Å². The van der Waals surface area contributed by atoms with Crippen LogP contribution in [0.5, 0.6) is 0 Å². The Bertz CT molecular complexity index is 912. The van der Waals surface area contributed by atoms with Crippen molar-refractivity contribution < 1.29 is 13.6 Å². The highest BCUT2D eigenvalue weighted by molar-refractivity contribution is 6.43. The van der Waals surface area contributed by atoms with E-state index in [1.54, 1.807) is 43.3 Å². The summed E-state index contributed by atoms with van der Waals surface area (Å²) in [5, 5.41) is 4.73. The maximum absolute atomic E-state index is 11.9. The van der Waals surface area contributed by atoms with Crippen molar-refractivity contribution in [2.24, 2.45) is 5.10 Å². The molecule has 0 aliphatic heterocycles. The number of aryl methyl sites for hydroxylation is 1. The van der Waals surface area contributed by atoms with E-state index < -0.39 is 0 Å². The number of carbonyl (C=O) groups excluding carboxylic acids is 1. The molecule has 2 aromatic heterocycles. The highest BCUT2D eigenvalue weighted by Gasteiger charge is 2.11. The molecule has 7 heteroatoms. The topological polar surface area (TPSA) is 67.7 Å². The van der Waals surface area contributed by atoms with Crippen LogP contribution in [0.15, 0.2) is 56.6 Å². The molecule has 0 radical (unpaired) electrons. The lowest BCUT2D eigenvalue weighted by Gasteiger charge is -2.01. The minimum Gasteiger partial charge on any atom is -0.469 e. The fraction of sp³-hybridized carbons (Fsp3) is 0.0588. The molecule has 1 N–H and O–H groups in total. The van der Waals surface area contributed by atoms with Gasteiger partial charge in [0.2, 0.25) is 0 Å². The third-order valence-electron chi connectivity index (χ3n) is 3.31. The molecule has 0 spiro atoms. The summed E-state index contributed by atoms with van der Waals surface area (Å²) in [6.07, 6.45) is 2.84.